The lowest BCUT2D eigenvalue weighted by atomic mass is 10.0. The first kappa shape index (κ1) is 13.4. The lowest BCUT2D eigenvalue weighted by Gasteiger charge is -2.25. The normalized spacial score (nSPS) is 11.9. The molecule has 0 aromatic carbocycles. The van der Waals surface area contributed by atoms with E-state index in [1.807, 2.05) is 13.8 Å². The number of carbonyl (C=O) groups excluding carboxylic acids is 1. The van der Waals surface area contributed by atoms with Gasteiger partial charge < -0.3 is 10.4 Å². The standard InChI is InChI=1S/C11H23NO2/c1-9(2)5-6-10(14)12-11(3,4)7-8-13/h9,13H,5-8H2,1-4H3,(H,12,14). The first-order valence-electron chi connectivity index (χ1n) is 5.29. The molecule has 0 atom stereocenters. The SMILES string of the molecule is CC(C)CCC(=O)NC(C)(C)CCO. The van der Waals surface area contributed by atoms with Gasteiger partial charge in [0.1, 0.15) is 0 Å². The molecule has 0 unspecified atom stereocenters. The van der Waals surface area contributed by atoms with Gasteiger partial charge in [-0.25, -0.2) is 0 Å². The Hall–Kier alpha value is -0.570. The molecule has 0 rings (SSSR count). The molecule has 0 aromatic heterocycles. The van der Waals surface area contributed by atoms with Gasteiger partial charge in [-0.05, 0) is 32.6 Å². The molecular weight excluding hydrogens is 178 g/mol. The molecular formula is C11H23NO2. The smallest absolute Gasteiger partial charge is 0.220 e. The van der Waals surface area contributed by atoms with Crippen molar-refractivity contribution in [3.8, 4) is 0 Å². The minimum absolute atomic E-state index is 0.0807. The Balaban J connectivity index is 3.81. The Morgan fingerprint density at radius 1 is 1.43 bits per heavy atom. The third kappa shape index (κ3) is 6.89. The van der Waals surface area contributed by atoms with E-state index in [4.69, 9.17) is 5.11 Å². The molecule has 84 valence electrons. The number of aliphatic hydroxyl groups excluding tert-OH is 1. The lowest BCUT2D eigenvalue weighted by molar-refractivity contribution is -0.123. The van der Waals surface area contributed by atoms with Gasteiger partial charge in [-0.1, -0.05) is 13.8 Å². The van der Waals surface area contributed by atoms with Crippen LogP contribution in [0.4, 0.5) is 0 Å². The molecule has 0 fully saturated rings. The predicted octanol–water partition coefficient (Wildman–Crippen LogP) is 1.70. The van der Waals surface area contributed by atoms with Gasteiger partial charge in [-0.2, -0.15) is 0 Å². The van der Waals surface area contributed by atoms with Crippen molar-refractivity contribution < 1.29 is 9.90 Å². The maximum atomic E-state index is 11.4. The molecule has 3 heteroatoms. The third-order valence-electron chi connectivity index (χ3n) is 2.16. The molecule has 0 aliphatic heterocycles. The number of aliphatic hydroxyl groups is 1. The molecule has 2 N–H and O–H groups in total. The number of nitrogens with one attached hydrogen (secondary N) is 1. The van der Waals surface area contributed by atoms with Gasteiger partial charge in [-0.15, -0.1) is 0 Å². The zero-order valence-corrected chi connectivity index (χ0v) is 9.76. The van der Waals surface area contributed by atoms with Crippen molar-refractivity contribution in [1.29, 1.82) is 0 Å². The van der Waals surface area contributed by atoms with Crippen LogP contribution in [-0.2, 0) is 4.79 Å². The fourth-order valence-corrected chi connectivity index (χ4v) is 1.20. The maximum Gasteiger partial charge on any atom is 0.220 e. The molecule has 0 aliphatic carbocycles. The summed E-state index contributed by atoms with van der Waals surface area (Å²) in [6, 6.07) is 0. The highest BCUT2D eigenvalue weighted by molar-refractivity contribution is 5.76. The topological polar surface area (TPSA) is 49.3 Å². The number of hydrogen-bond acceptors (Lipinski definition) is 2. The Labute approximate surface area is 86.9 Å². The number of carbonyl (C=O) groups is 1. The zero-order chi connectivity index (χ0) is 11.2. The van der Waals surface area contributed by atoms with E-state index >= 15 is 0 Å². The van der Waals surface area contributed by atoms with Crippen LogP contribution in [0.15, 0.2) is 0 Å². The van der Waals surface area contributed by atoms with Crippen LogP contribution in [0.2, 0.25) is 0 Å². The molecule has 1 amide bonds. The minimum atomic E-state index is -0.289. The molecule has 0 saturated carbocycles. The van der Waals surface area contributed by atoms with Crippen LogP contribution >= 0.6 is 0 Å². The Morgan fingerprint density at radius 2 is 2.00 bits per heavy atom. The zero-order valence-electron chi connectivity index (χ0n) is 9.76. The summed E-state index contributed by atoms with van der Waals surface area (Å²) in [6.45, 7) is 8.17. The molecule has 0 saturated heterocycles. The van der Waals surface area contributed by atoms with Gasteiger partial charge in [0.2, 0.25) is 5.91 Å². The molecule has 14 heavy (non-hydrogen) atoms. The third-order valence-corrected chi connectivity index (χ3v) is 2.16. The second-order valence-electron chi connectivity index (χ2n) is 4.84. The van der Waals surface area contributed by atoms with E-state index < -0.39 is 0 Å². The summed E-state index contributed by atoms with van der Waals surface area (Å²) in [5, 5.41) is 11.7. The van der Waals surface area contributed by atoms with Gasteiger partial charge in [0, 0.05) is 18.6 Å². The van der Waals surface area contributed by atoms with E-state index in [0.717, 1.165) is 6.42 Å². The molecule has 0 aromatic rings. The summed E-state index contributed by atoms with van der Waals surface area (Å²) in [6.07, 6.45) is 2.09. The number of hydrogen-bond donors (Lipinski definition) is 2. The molecule has 0 heterocycles. The van der Waals surface area contributed by atoms with Crippen molar-refractivity contribution in [3.63, 3.8) is 0 Å². The second kappa shape index (κ2) is 6.02. The van der Waals surface area contributed by atoms with Crippen LogP contribution < -0.4 is 5.32 Å². The fraction of sp³-hybridized carbons (Fsp3) is 0.909. The average molecular weight is 201 g/mol. The van der Waals surface area contributed by atoms with Crippen molar-refractivity contribution in [3.05, 3.63) is 0 Å². The highest BCUT2D eigenvalue weighted by Crippen LogP contribution is 2.09. The van der Waals surface area contributed by atoms with Crippen molar-refractivity contribution in [2.45, 2.75) is 52.5 Å². The van der Waals surface area contributed by atoms with Crippen LogP contribution in [0, 0.1) is 5.92 Å². The van der Waals surface area contributed by atoms with Gasteiger partial charge in [0.25, 0.3) is 0 Å². The highest BCUT2D eigenvalue weighted by Gasteiger charge is 2.19. The summed E-state index contributed by atoms with van der Waals surface area (Å²) < 4.78 is 0. The van der Waals surface area contributed by atoms with E-state index in [1.54, 1.807) is 0 Å². The lowest BCUT2D eigenvalue weighted by Crippen LogP contribution is -2.44. The molecule has 0 radical (unpaired) electrons. The summed E-state index contributed by atoms with van der Waals surface area (Å²) in [5.41, 5.74) is -0.289. The summed E-state index contributed by atoms with van der Waals surface area (Å²) in [5.74, 6) is 0.638. The first-order valence-corrected chi connectivity index (χ1v) is 5.29. The first-order chi connectivity index (χ1) is 6.37. The Morgan fingerprint density at radius 3 is 2.43 bits per heavy atom. The maximum absolute atomic E-state index is 11.4. The fourth-order valence-electron chi connectivity index (χ4n) is 1.20. The minimum Gasteiger partial charge on any atom is -0.396 e. The van der Waals surface area contributed by atoms with E-state index in [2.05, 4.69) is 19.2 Å². The van der Waals surface area contributed by atoms with Gasteiger partial charge in [0.05, 0.1) is 0 Å². The molecule has 0 bridgehead atoms. The van der Waals surface area contributed by atoms with Crippen LogP contribution in [0.1, 0.15) is 47.0 Å². The van der Waals surface area contributed by atoms with Crippen LogP contribution in [-0.4, -0.2) is 23.2 Å². The molecule has 0 aliphatic rings. The van der Waals surface area contributed by atoms with Crippen LogP contribution in [0.5, 0.6) is 0 Å². The van der Waals surface area contributed by atoms with Crippen LogP contribution in [0.25, 0.3) is 0 Å². The monoisotopic (exact) mass is 201 g/mol. The predicted molar refractivity (Wildman–Crippen MR) is 58.0 cm³/mol. The van der Waals surface area contributed by atoms with Gasteiger partial charge in [-0.3, -0.25) is 4.79 Å². The number of amides is 1. The van der Waals surface area contributed by atoms with Crippen molar-refractivity contribution in [2.75, 3.05) is 6.61 Å². The molecule has 0 spiro atoms. The summed E-state index contributed by atoms with van der Waals surface area (Å²) >= 11 is 0. The van der Waals surface area contributed by atoms with E-state index in [1.165, 1.54) is 0 Å². The Kier molecular flexibility index (Phi) is 5.77. The van der Waals surface area contributed by atoms with Gasteiger partial charge in [0.15, 0.2) is 0 Å². The van der Waals surface area contributed by atoms with E-state index in [0.29, 0.717) is 18.8 Å². The quantitative estimate of drug-likeness (QED) is 0.687. The van der Waals surface area contributed by atoms with E-state index in [9.17, 15) is 4.79 Å². The average Bonchev–Trinajstić information content (AvgIpc) is 1.99. The largest absolute Gasteiger partial charge is 0.396 e. The van der Waals surface area contributed by atoms with E-state index in [-0.39, 0.29) is 18.1 Å². The number of rotatable bonds is 6. The Bertz CT molecular complexity index is 176. The highest BCUT2D eigenvalue weighted by atomic mass is 16.3. The summed E-state index contributed by atoms with van der Waals surface area (Å²) in [4.78, 5) is 11.4. The van der Waals surface area contributed by atoms with Crippen molar-refractivity contribution >= 4 is 5.91 Å². The van der Waals surface area contributed by atoms with Crippen molar-refractivity contribution in [1.82, 2.24) is 5.32 Å². The second-order valence-corrected chi connectivity index (χ2v) is 4.84. The van der Waals surface area contributed by atoms with Crippen molar-refractivity contribution in [2.24, 2.45) is 5.92 Å². The van der Waals surface area contributed by atoms with Gasteiger partial charge >= 0.3 is 0 Å². The van der Waals surface area contributed by atoms with Crippen LogP contribution in [0.3, 0.4) is 0 Å². The summed E-state index contributed by atoms with van der Waals surface area (Å²) in [7, 11) is 0. The molecule has 3 nitrogen and oxygen atoms in total.